The number of methoxy groups -OCH3 is 1. The smallest absolute Gasteiger partial charge is 0.222 e. The minimum atomic E-state index is -0.00659. The molecule has 4 N–H and O–H groups in total. The van der Waals surface area contributed by atoms with Crippen molar-refractivity contribution in [3.8, 4) is 28.8 Å². The van der Waals surface area contributed by atoms with E-state index in [2.05, 4.69) is 14.9 Å². The molecule has 0 fully saturated rings. The standard InChI is InChI=1S/C17H22N6O2/c1-23(2)8-5-9-25-15-11(6-4-7-13(15)24-3)14-12(10-18)16(19)22-17(20)21-14/h4,6-7H,5,8-9H2,1-3H3,(H4,19,20,21,22). The molecule has 8 heteroatoms. The molecule has 0 amide bonds. The van der Waals surface area contributed by atoms with Gasteiger partial charge < -0.3 is 25.8 Å². The van der Waals surface area contributed by atoms with Crippen LogP contribution in [0.1, 0.15) is 12.0 Å². The largest absolute Gasteiger partial charge is 0.493 e. The van der Waals surface area contributed by atoms with Gasteiger partial charge >= 0.3 is 0 Å². The summed E-state index contributed by atoms with van der Waals surface area (Å²) in [5.41, 5.74) is 12.6. The maximum Gasteiger partial charge on any atom is 0.222 e. The van der Waals surface area contributed by atoms with Gasteiger partial charge in [-0.05, 0) is 32.6 Å². The summed E-state index contributed by atoms with van der Waals surface area (Å²) in [4.78, 5) is 10.1. The van der Waals surface area contributed by atoms with E-state index in [-0.39, 0.29) is 17.3 Å². The van der Waals surface area contributed by atoms with Crippen molar-refractivity contribution < 1.29 is 9.47 Å². The molecule has 1 aromatic heterocycles. The fourth-order valence-corrected chi connectivity index (χ4v) is 2.37. The van der Waals surface area contributed by atoms with Gasteiger partial charge in [-0.3, -0.25) is 0 Å². The van der Waals surface area contributed by atoms with Gasteiger partial charge in [-0.2, -0.15) is 10.2 Å². The lowest BCUT2D eigenvalue weighted by atomic mass is 10.1. The number of rotatable bonds is 7. The Morgan fingerprint density at radius 3 is 2.64 bits per heavy atom. The molecule has 0 spiro atoms. The second-order valence-corrected chi connectivity index (χ2v) is 5.64. The summed E-state index contributed by atoms with van der Waals surface area (Å²) in [5.74, 6) is 1.07. The van der Waals surface area contributed by atoms with Crippen molar-refractivity contribution in [3.63, 3.8) is 0 Å². The third-order valence-electron chi connectivity index (χ3n) is 3.52. The summed E-state index contributed by atoms with van der Waals surface area (Å²) < 4.78 is 11.3. The van der Waals surface area contributed by atoms with E-state index >= 15 is 0 Å². The first-order valence-electron chi connectivity index (χ1n) is 7.76. The normalized spacial score (nSPS) is 10.5. The number of aromatic nitrogens is 2. The van der Waals surface area contributed by atoms with Crippen LogP contribution in [0.2, 0.25) is 0 Å². The third kappa shape index (κ3) is 4.28. The van der Waals surface area contributed by atoms with Crippen molar-refractivity contribution in [3.05, 3.63) is 23.8 Å². The molecule has 2 aromatic rings. The van der Waals surface area contributed by atoms with Crippen LogP contribution >= 0.6 is 0 Å². The highest BCUT2D eigenvalue weighted by Crippen LogP contribution is 2.39. The second-order valence-electron chi connectivity index (χ2n) is 5.64. The quantitative estimate of drug-likeness (QED) is 0.726. The third-order valence-corrected chi connectivity index (χ3v) is 3.52. The Bertz CT molecular complexity index is 785. The van der Waals surface area contributed by atoms with Gasteiger partial charge in [0.15, 0.2) is 11.5 Å². The van der Waals surface area contributed by atoms with E-state index in [1.807, 2.05) is 20.2 Å². The fourth-order valence-electron chi connectivity index (χ4n) is 2.37. The molecule has 1 heterocycles. The molecular weight excluding hydrogens is 320 g/mol. The molecular formula is C17H22N6O2. The average Bonchev–Trinajstić information content (AvgIpc) is 2.57. The van der Waals surface area contributed by atoms with Crippen LogP contribution in [0.15, 0.2) is 18.2 Å². The number of para-hydroxylation sites is 1. The molecule has 25 heavy (non-hydrogen) atoms. The summed E-state index contributed by atoms with van der Waals surface area (Å²) in [6.07, 6.45) is 0.837. The van der Waals surface area contributed by atoms with E-state index in [1.54, 1.807) is 25.3 Å². The van der Waals surface area contributed by atoms with E-state index in [4.69, 9.17) is 20.9 Å². The first-order valence-corrected chi connectivity index (χ1v) is 7.76. The van der Waals surface area contributed by atoms with Crippen molar-refractivity contribution in [2.45, 2.75) is 6.42 Å². The van der Waals surface area contributed by atoms with Gasteiger partial charge in [-0.1, -0.05) is 6.07 Å². The number of nitrogens with zero attached hydrogens (tertiary/aromatic N) is 4. The van der Waals surface area contributed by atoms with Crippen molar-refractivity contribution >= 4 is 11.8 Å². The van der Waals surface area contributed by atoms with Crippen LogP contribution in [-0.4, -0.2) is 49.2 Å². The number of nitrogen functional groups attached to an aromatic ring is 2. The van der Waals surface area contributed by atoms with Gasteiger partial charge in [0, 0.05) is 12.1 Å². The molecule has 0 aliphatic heterocycles. The number of nitriles is 1. The van der Waals surface area contributed by atoms with Gasteiger partial charge in [-0.15, -0.1) is 0 Å². The Kier molecular flexibility index (Phi) is 5.98. The maximum absolute atomic E-state index is 9.42. The highest BCUT2D eigenvalue weighted by atomic mass is 16.5. The van der Waals surface area contributed by atoms with Gasteiger partial charge in [0.05, 0.1) is 19.4 Å². The molecule has 1 aromatic carbocycles. The first-order chi connectivity index (χ1) is 12.0. The number of benzene rings is 1. The fraction of sp³-hybridized carbons (Fsp3) is 0.353. The predicted molar refractivity (Wildman–Crippen MR) is 96.2 cm³/mol. The topological polar surface area (TPSA) is 123 Å². The SMILES string of the molecule is COc1cccc(-c2nc(N)nc(N)c2C#N)c1OCCCN(C)C. The monoisotopic (exact) mass is 342 g/mol. The number of anilines is 2. The molecule has 0 saturated carbocycles. The summed E-state index contributed by atoms with van der Waals surface area (Å²) in [6, 6.07) is 7.38. The van der Waals surface area contributed by atoms with E-state index in [0.717, 1.165) is 13.0 Å². The van der Waals surface area contributed by atoms with Crippen LogP contribution in [0.4, 0.5) is 11.8 Å². The molecule has 0 aliphatic rings. The van der Waals surface area contributed by atoms with Crippen molar-refractivity contribution in [1.82, 2.24) is 14.9 Å². The number of ether oxygens (including phenoxy) is 2. The molecule has 2 rings (SSSR count). The van der Waals surface area contributed by atoms with E-state index < -0.39 is 0 Å². The predicted octanol–water partition coefficient (Wildman–Crippen LogP) is 1.52. The molecule has 0 aliphatic carbocycles. The van der Waals surface area contributed by atoms with E-state index in [1.165, 1.54) is 0 Å². The van der Waals surface area contributed by atoms with E-state index in [9.17, 15) is 5.26 Å². The lowest BCUT2D eigenvalue weighted by Gasteiger charge is -2.16. The second kappa shape index (κ2) is 8.17. The van der Waals surface area contributed by atoms with Crippen LogP contribution < -0.4 is 20.9 Å². The van der Waals surface area contributed by atoms with Gasteiger partial charge in [0.25, 0.3) is 0 Å². The molecule has 0 atom stereocenters. The Morgan fingerprint density at radius 2 is 2.00 bits per heavy atom. The van der Waals surface area contributed by atoms with Gasteiger partial charge in [0.1, 0.15) is 17.5 Å². The zero-order valence-corrected chi connectivity index (χ0v) is 14.6. The minimum absolute atomic E-state index is 0.00659. The first kappa shape index (κ1) is 18.3. The molecule has 0 radical (unpaired) electrons. The highest BCUT2D eigenvalue weighted by molar-refractivity contribution is 5.79. The van der Waals surface area contributed by atoms with Crippen LogP contribution in [-0.2, 0) is 0 Å². The number of hydrogen-bond donors (Lipinski definition) is 2. The lowest BCUT2D eigenvalue weighted by Crippen LogP contribution is -2.16. The summed E-state index contributed by atoms with van der Waals surface area (Å²) in [7, 11) is 5.56. The van der Waals surface area contributed by atoms with Crippen LogP contribution in [0.25, 0.3) is 11.3 Å². The average molecular weight is 342 g/mol. The minimum Gasteiger partial charge on any atom is -0.493 e. The summed E-state index contributed by atoms with van der Waals surface area (Å²) >= 11 is 0. The van der Waals surface area contributed by atoms with Crippen LogP contribution in [0.3, 0.4) is 0 Å². The number of hydrogen-bond acceptors (Lipinski definition) is 8. The van der Waals surface area contributed by atoms with Gasteiger partial charge in [0.2, 0.25) is 5.95 Å². The Balaban J connectivity index is 2.47. The lowest BCUT2D eigenvalue weighted by molar-refractivity contribution is 0.269. The molecule has 0 saturated heterocycles. The summed E-state index contributed by atoms with van der Waals surface area (Å²) in [6.45, 7) is 1.38. The van der Waals surface area contributed by atoms with Crippen LogP contribution in [0, 0.1) is 11.3 Å². The van der Waals surface area contributed by atoms with Crippen molar-refractivity contribution in [2.24, 2.45) is 0 Å². The maximum atomic E-state index is 9.42. The highest BCUT2D eigenvalue weighted by Gasteiger charge is 2.19. The summed E-state index contributed by atoms with van der Waals surface area (Å²) in [5, 5.41) is 9.42. The van der Waals surface area contributed by atoms with Gasteiger partial charge in [-0.25, -0.2) is 4.98 Å². The molecule has 0 bridgehead atoms. The molecule has 132 valence electrons. The molecule has 0 unspecified atom stereocenters. The Hall–Kier alpha value is -3.05. The van der Waals surface area contributed by atoms with Crippen molar-refractivity contribution in [1.29, 1.82) is 5.26 Å². The van der Waals surface area contributed by atoms with Crippen LogP contribution in [0.5, 0.6) is 11.5 Å². The zero-order valence-electron chi connectivity index (χ0n) is 14.6. The Morgan fingerprint density at radius 1 is 1.24 bits per heavy atom. The zero-order chi connectivity index (χ0) is 18.4. The number of nitrogens with two attached hydrogens (primary N) is 2. The Labute approximate surface area is 147 Å². The molecule has 8 nitrogen and oxygen atoms in total. The van der Waals surface area contributed by atoms with Crippen molar-refractivity contribution in [2.75, 3.05) is 45.8 Å². The van der Waals surface area contributed by atoms with E-state index in [0.29, 0.717) is 29.4 Å².